The lowest BCUT2D eigenvalue weighted by Crippen LogP contribution is -2.46. The van der Waals surface area contributed by atoms with Gasteiger partial charge in [0.2, 0.25) is 0 Å². The number of carbonyl (C=O) groups is 2. The molecule has 2 N–H and O–H groups in total. The number of benzene rings is 3. The molecule has 3 aromatic carbocycles. The van der Waals surface area contributed by atoms with Gasteiger partial charge in [-0.3, -0.25) is 10.2 Å². The van der Waals surface area contributed by atoms with Gasteiger partial charge in [-0.15, -0.1) is 0 Å². The third kappa shape index (κ3) is 3.78. The first-order chi connectivity index (χ1) is 14.2. The van der Waals surface area contributed by atoms with Gasteiger partial charge in [0.05, 0.1) is 23.4 Å². The number of rotatable bonds is 5. The lowest BCUT2D eigenvalue weighted by Gasteiger charge is -2.38. The van der Waals surface area contributed by atoms with Crippen LogP contribution in [0.4, 0.5) is 11.4 Å². The van der Waals surface area contributed by atoms with Crippen molar-refractivity contribution in [1.82, 2.24) is 5.01 Å². The first-order valence-electron chi connectivity index (χ1n) is 9.45. The summed E-state index contributed by atoms with van der Waals surface area (Å²) in [7, 11) is 0. The molecule has 29 heavy (non-hydrogen) atoms. The number of nitrogens with one attached hydrogen (secondary N) is 2. The van der Waals surface area contributed by atoms with Crippen LogP contribution in [0.2, 0.25) is 0 Å². The maximum atomic E-state index is 13.2. The van der Waals surface area contributed by atoms with Gasteiger partial charge in [0, 0.05) is 5.69 Å². The number of fused-ring (bicyclic) bond motifs is 1. The minimum absolute atomic E-state index is 0.136. The molecule has 146 valence electrons. The number of nitrogens with zero attached hydrogens (tertiary/aromatic N) is 1. The highest BCUT2D eigenvalue weighted by Crippen LogP contribution is 2.33. The largest absolute Gasteiger partial charge is 0.462 e. The van der Waals surface area contributed by atoms with E-state index in [4.69, 9.17) is 4.74 Å². The zero-order chi connectivity index (χ0) is 20.2. The molecule has 1 amide bonds. The molecular weight excluding hydrogens is 366 g/mol. The molecular formula is C23H21N3O3. The van der Waals surface area contributed by atoms with Crippen LogP contribution in [-0.2, 0) is 4.74 Å². The van der Waals surface area contributed by atoms with Crippen molar-refractivity contribution in [2.24, 2.45) is 0 Å². The van der Waals surface area contributed by atoms with Crippen molar-refractivity contribution in [3.05, 3.63) is 95.6 Å². The number of amides is 1. The van der Waals surface area contributed by atoms with Gasteiger partial charge in [-0.25, -0.2) is 9.80 Å². The quantitative estimate of drug-likeness (QED) is 0.633. The minimum Gasteiger partial charge on any atom is -0.462 e. The smallest absolute Gasteiger partial charge is 0.338 e. The summed E-state index contributed by atoms with van der Waals surface area (Å²) in [6, 6.07) is 24.0. The highest BCUT2D eigenvalue weighted by Gasteiger charge is 2.33. The van der Waals surface area contributed by atoms with E-state index in [0.717, 1.165) is 11.3 Å². The van der Waals surface area contributed by atoms with Crippen molar-refractivity contribution in [3.63, 3.8) is 0 Å². The predicted octanol–water partition coefficient (Wildman–Crippen LogP) is 4.46. The molecule has 0 radical (unpaired) electrons. The fraction of sp³-hybridized carbons (Fsp3) is 0.130. The number of hydrazine groups is 1. The van der Waals surface area contributed by atoms with Crippen molar-refractivity contribution in [2.45, 2.75) is 13.1 Å². The van der Waals surface area contributed by atoms with Crippen LogP contribution < -0.4 is 10.7 Å². The molecule has 6 nitrogen and oxygen atoms in total. The van der Waals surface area contributed by atoms with E-state index >= 15 is 0 Å². The Labute approximate surface area is 169 Å². The van der Waals surface area contributed by atoms with E-state index in [-0.39, 0.29) is 18.0 Å². The van der Waals surface area contributed by atoms with E-state index in [1.807, 2.05) is 48.5 Å². The molecule has 4 rings (SSSR count). The maximum Gasteiger partial charge on any atom is 0.338 e. The van der Waals surface area contributed by atoms with Crippen LogP contribution in [-0.4, -0.2) is 23.5 Å². The lowest BCUT2D eigenvalue weighted by molar-refractivity contribution is 0.0526. The lowest BCUT2D eigenvalue weighted by atomic mass is 10.0. The molecule has 0 aromatic heterocycles. The van der Waals surface area contributed by atoms with Gasteiger partial charge in [-0.2, -0.15) is 0 Å². The minimum atomic E-state index is -0.386. The molecule has 1 heterocycles. The number of hydrogen-bond acceptors (Lipinski definition) is 5. The summed E-state index contributed by atoms with van der Waals surface area (Å²) in [5.74, 6) is -0.506. The molecule has 0 bridgehead atoms. The molecule has 0 saturated carbocycles. The van der Waals surface area contributed by atoms with Crippen LogP contribution in [0.15, 0.2) is 78.9 Å². The Morgan fingerprint density at radius 2 is 1.69 bits per heavy atom. The van der Waals surface area contributed by atoms with Gasteiger partial charge in [0.15, 0.2) is 0 Å². The highest BCUT2D eigenvalue weighted by molar-refractivity contribution is 6.02. The third-order valence-electron chi connectivity index (χ3n) is 4.69. The van der Waals surface area contributed by atoms with E-state index in [2.05, 4.69) is 10.7 Å². The summed E-state index contributed by atoms with van der Waals surface area (Å²) in [5.41, 5.74) is 6.68. The Kier molecular flexibility index (Phi) is 5.16. The standard InChI is InChI=1S/C23H21N3O3/c1-2-29-23(28)17-12-14-18(15-13-17)25-26-21(16-8-4-3-5-9-16)24-20-11-7-6-10-19(20)22(26)27/h3-15,21,24-25H,2H2,1H3/t21-/m1/s1. The Balaban J connectivity index is 1.64. The number of para-hydroxylation sites is 1. The van der Waals surface area contributed by atoms with Gasteiger partial charge >= 0.3 is 5.97 Å². The van der Waals surface area contributed by atoms with Crippen molar-refractivity contribution in [2.75, 3.05) is 17.3 Å². The third-order valence-corrected chi connectivity index (χ3v) is 4.69. The monoisotopic (exact) mass is 387 g/mol. The van der Waals surface area contributed by atoms with Gasteiger partial charge in [0.25, 0.3) is 5.91 Å². The van der Waals surface area contributed by atoms with Crippen LogP contribution in [0.1, 0.15) is 39.4 Å². The van der Waals surface area contributed by atoms with Gasteiger partial charge in [-0.05, 0) is 48.9 Å². The first-order valence-corrected chi connectivity index (χ1v) is 9.45. The Bertz CT molecular complexity index is 1020. The van der Waals surface area contributed by atoms with Crippen molar-refractivity contribution in [1.29, 1.82) is 0 Å². The molecule has 3 aromatic rings. The topological polar surface area (TPSA) is 70.7 Å². The fourth-order valence-corrected chi connectivity index (χ4v) is 3.27. The van der Waals surface area contributed by atoms with E-state index < -0.39 is 0 Å². The molecule has 0 spiro atoms. The zero-order valence-electron chi connectivity index (χ0n) is 16.0. The normalized spacial score (nSPS) is 15.3. The van der Waals surface area contributed by atoms with Crippen molar-refractivity contribution >= 4 is 23.3 Å². The summed E-state index contributed by atoms with van der Waals surface area (Å²) in [5, 5.41) is 5.00. The number of hydrogen-bond donors (Lipinski definition) is 2. The van der Waals surface area contributed by atoms with E-state index in [1.54, 1.807) is 42.3 Å². The zero-order valence-corrected chi connectivity index (χ0v) is 16.0. The number of esters is 1. The molecule has 1 aliphatic heterocycles. The average molecular weight is 387 g/mol. The van der Waals surface area contributed by atoms with Crippen LogP contribution in [0.3, 0.4) is 0 Å². The van der Waals surface area contributed by atoms with E-state index in [9.17, 15) is 9.59 Å². The summed E-state index contributed by atoms with van der Waals surface area (Å²) < 4.78 is 5.01. The van der Waals surface area contributed by atoms with Crippen LogP contribution in [0.5, 0.6) is 0 Å². The molecule has 1 aliphatic rings. The second-order valence-electron chi connectivity index (χ2n) is 6.59. The molecule has 6 heteroatoms. The SMILES string of the molecule is CCOC(=O)c1ccc(NN2C(=O)c3ccccc3N[C@H]2c2ccccc2)cc1. The number of anilines is 2. The Hall–Kier alpha value is -3.80. The Morgan fingerprint density at radius 1 is 1.00 bits per heavy atom. The van der Waals surface area contributed by atoms with Crippen LogP contribution in [0.25, 0.3) is 0 Å². The van der Waals surface area contributed by atoms with Crippen molar-refractivity contribution < 1.29 is 14.3 Å². The Morgan fingerprint density at radius 3 is 2.41 bits per heavy atom. The highest BCUT2D eigenvalue weighted by atomic mass is 16.5. The predicted molar refractivity (Wildman–Crippen MR) is 111 cm³/mol. The molecule has 1 atom stereocenters. The average Bonchev–Trinajstić information content (AvgIpc) is 2.77. The van der Waals surface area contributed by atoms with E-state index in [1.165, 1.54) is 0 Å². The summed E-state index contributed by atoms with van der Waals surface area (Å²) in [6.45, 7) is 2.09. The van der Waals surface area contributed by atoms with Gasteiger partial charge in [-0.1, -0.05) is 42.5 Å². The van der Waals surface area contributed by atoms with Gasteiger partial charge in [0.1, 0.15) is 6.17 Å². The molecule has 0 fully saturated rings. The number of ether oxygens (including phenoxy) is 1. The maximum absolute atomic E-state index is 13.2. The van der Waals surface area contributed by atoms with Crippen LogP contribution >= 0.6 is 0 Å². The second-order valence-corrected chi connectivity index (χ2v) is 6.59. The second kappa shape index (κ2) is 8.06. The summed E-state index contributed by atoms with van der Waals surface area (Å²) in [6.07, 6.45) is -0.386. The molecule has 0 saturated heterocycles. The summed E-state index contributed by atoms with van der Waals surface area (Å²) >= 11 is 0. The fourth-order valence-electron chi connectivity index (χ4n) is 3.27. The van der Waals surface area contributed by atoms with Gasteiger partial charge < -0.3 is 10.1 Å². The van der Waals surface area contributed by atoms with Crippen LogP contribution in [0, 0.1) is 0 Å². The first kappa shape index (κ1) is 18.6. The van der Waals surface area contributed by atoms with E-state index in [0.29, 0.717) is 23.4 Å². The van der Waals surface area contributed by atoms with Crippen molar-refractivity contribution in [3.8, 4) is 0 Å². The summed E-state index contributed by atoms with van der Waals surface area (Å²) in [4.78, 5) is 25.1. The molecule has 0 unspecified atom stereocenters. The molecule has 0 aliphatic carbocycles. The number of carbonyl (C=O) groups excluding carboxylic acids is 2.